The van der Waals surface area contributed by atoms with E-state index in [2.05, 4.69) is 9.97 Å². The third-order valence-corrected chi connectivity index (χ3v) is 5.18. The number of para-hydroxylation sites is 1. The van der Waals surface area contributed by atoms with Crippen molar-refractivity contribution >= 4 is 34.3 Å². The summed E-state index contributed by atoms with van der Waals surface area (Å²) >= 11 is 1.50. The second-order valence-corrected chi connectivity index (χ2v) is 7.10. The Hall–Kier alpha value is -3.51. The predicted molar refractivity (Wildman–Crippen MR) is 115 cm³/mol. The molecule has 0 unspecified atom stereocenters. The van der Waals surface area contributed by atoms with Crippen molar-refractivity contribution in [3.63, 3.8) is 0 Å². The van der Waals surface area contributed by atoms with Crippen LogP contribution >= 0.6 is 11.3 Å². The van der Waals surface area contributed by atoms with E-state index in [1.807, 2.05) is 66.0 Å². The minimum absolute atomic E-state index is 0.120. The highest BCUT2D eigenvalue weighted by molar-refractivity contribution is 7.13. The molecule has 0 saturated heterocycles. The zero-order valence-electron chi connectivity index (χ0n) is 15.7. The molecular weight excluding hydrogens is 384 g/mol. The van der Waals surface area contributed by atoms with Gasteiger partial charge in [-0.1, -0.05) is 36.4 Å². The van der Waals surface area contributed by atoms with Crippen LogP contribution in [0, 0.1) is 0 Å². The van der Waals surface area contributed by atoms with Crippen LogP contribution in [0.2, 0.25) is 0 Å². The van der Waals surface area contributed by atoms with E-state index in [9.17, 15) is 4.79 Å². The Kier molecular flexibility index (Phi) is 5.63. The van der Waals surface area contributed by atoms with Crippen molar-refractivity contribution in [2.45, 2.75) is 6.61 Å². The number of benzene rings is 2. The van der Waals surface area contributed by atoms with Crippen molar-refractivity contribution in [2.75, 3.05) is 7.11 Å². The van der Waals surface area contributed by atoms with Crippen molar-refractivity contribution < 1.29 is 14.3 Å². The molecule has 4 aromatic rings. The Bertz CT molecular complexity index is 1180. The molecule has 0 N–H and O–H groups in total. The Morgan fingerprint density at radius 2 is 1.97 bits per heavy atom. The number of pyridine rings is 1. The number of nitrogens with zero attached hydrogens (tertiary/aromatic N) is 2. The average molecular weight is 402 g/mol. The second kappa shape index (κ2) is 8.67. The molecule has 0 radical (unpaired) electrons. The van der Waals surface area contributed by atoms with E-state index in [-0.39, 0.29) is 6.61 Å². The summed E-state index contributed by atoms with van der Waals surface area (Å²) < 4.78 is 10.5. The first-order valence-corrected chi connectivity index (χ1v) is 9.89. The molecule has 5 nitrogen and oxygen atoms in total. The quantitative estimate of drug-likeness (QED) is 0.331. The predicted octanol–water partition coefficient (Wildman–Crippen LogP) is 5.12. The number of hydrogen-bond acceptors (Lipinski definition) is 6. The number of methoxy groups -OCH3 is 1. The van der Waals surface area contributed by atoms with Crippen LogP contribution in [-0.2, 0) is 16.1 Å². The van der Waals surface area contributed by atoms with Gasteiger partial charge in [-0.2, -0.15) is 0 Å². The first-order chi connectivity index (χ1) is 14.2. The number of aromatic nitrogens is 2. The van der Waals surface area contributed by atoms with E-state index in [0.717, 1.165) is 27.2 Å². The Balaban J connectivity index is 1.36. The summed E-state index contributed by atoms with van der Waals surface area (Å²) in [6.45, 7) is 0.120. The minimum Gasteiger partial charge on any atom is -0.497 e. The summed E-state index contributed by atoms with van der Waals surface area (Å²) in [7, 11) is 1.63. The van der Waals surface area contributed by atoms with Gasteiger partial charge in [0, 0.05) is 22.4 Å². The van der Waals surface area contributed by atoms with Gasteiger partial charge in [-0.05, 0) is 30.3 Å². The van der Waals surface area contributed by atoms with Gasteiger partial charge in [0.05, 0.1) is 24.0 Å². The normalized spacial score (nSPS) is 11.1. The highest BCUT2D eigenvalue weighted by Crippen LogP contribution is 2.27. The van der Waals surface area contributed by atoms with Gasteiger partial charge in [-0.3, -0.25) is 0 Å². The summed E-state index contributed by atoms with van der Waals surface area (Å²) in [4.78, 5) is 21.1. The lowest BCUT2D eigenvalue weighted by molar-refractivity contribution is -0.139. The molecule has 29 heavy (non-hydrogen) atoms. The van der Waals surface area contributed by atoms with Crippen LogP contribution in [0.5, 0.6) is 5.75 Å². The number of esters is 1. The molecular formula is C23H18N2O3S. The molecule has 0 aliphatic heterocycles. The van der Waals surface area contributed by atoms with Crippen molar-refractivity contribution in [1.82, 2.24) is 9.97 Å². The topological polar surface area (TPSA) is 61.3 Å². The van der Waals surface area contributed by atoms with Crippen LogP contribution in [0.1, 0.15) is 11.4 Å². The smallest absolute Gasteiger partial charge is 0.331 e. The molecule has 2 heterocycles. The van der Waals surface area contributed by atoms with E-state index in [0.29, 0.717) is 11.4 Å². The van der Waals surface area contributed by atoms with Crippen LogP contribution in [-0.4, -0.2) is 23.0 Å². The van der Waals surface area contributed by atoms with Crippen LogP contribution < -0.4 is 4.74 Å². The van der Waals surface area contributed by atoms with Gasteiger partial charge in [-0.25, -0.2) is 14.8 Å². The maximum Gasteiger partial charge on any atom is 0.331 e. The number of ether oxygens (including phenoxy) is 2. The number of rotatable bonds is 6. The number of carbonyl (C=O) groups excluding carboxylic acids is 1. The largest absolute Gasteiger partial charge is 0.497 e. The maximum absolute atomic E-state index is 12.0. The lowest BCUT2D eigenvalue weighted by Gasteiger charge is -2.01. The molecule has 144 valence electrons. The van der Waals surface area contributed by atoms with Crippen molar-refractivity contribution in [3.8, 4) is 16.3 Å². The summed E-state index contributed by atoms with van der Waals surface area (Å²) in [5, 5.41) is 3.80. The number of carbonyl (C=O) groups is 1. The average Bonchev–Trinajstić information content (AvgIpc) is 3.25. The van der Waals surface area contributed by atoms with Crippen LogP contribution in [0.4, 0.5) is 0 Å². The Labute approximate surface area is 172 Å². The molecule has 0 bridgehead atoms. The highest BCUT2D eigenvalue weighted by Gasteiger charge is 2.07. The molecule has 0 amide bonds. The van der Waals surface area contributed by atoms with Crippen LogP contribution in [0.15, 0.2) is 72.1 Å². The number of fused-ring (bicyclic) bond motifs is 1. The Morgan fingerprint density at radius 3 is 2.86 bits per heavy atom. The fourth-order valence-electron chi connectivity index (χ4n) is 2.78. The third-order valence-electron chi connectivity index (χ3n) is 4.24. The van der Waals surface area contributed by atoms with Gasteiger partial charge >= 0.3 is 5.97 Å². The molecule has 2 aromatic carbocycles. The lowest BCUT2D eigenvalue weighted by atomic mass is 10.2. The number of hydrogen-bond donors (Lipinski definition) is 0. The highest BCUT2D eigenvalue weighted by atomic mass is 32.1. The van der Waals surface area contributed by atoms with Crippen molar-refractivity contribution in [3.05, 3.63) is 83.5 Å². The van der Waals surface area contributed by atoms with Gasteiger partial charge in [0.2, 0.25) is 0 Å². The number of thiazole rings is 1. The molecule has 0 atom stereocenters. The lowest BCUT2D eigenvalue weighted by Crippen LogP contribution is -2.01. The van der Waals surface area contributed by atoms with Crippen LogP contribution in [0.3, 0.4) is 0 Å². The standard InChI is InChI=1S/C23H18N2O3S/c1-27-20-7-4-6-17(13-20)23-25-19(15-29-23)14-28-22(26)12-11-18-10-9-16-5-2-3-8-21(16)24-18/h2-13,15H,14H2,1H3/b12-11+. The summed E-state index contributed by atoms with van der Waals surface area (Å²) in [5.74, 6) is 0.342. The molecule has 4 rings (SSSR count). The minimum atomic E-state index is -0.434. The summed E-state index contributed by atoms with van der Waals surface area (Å²) in [6.07, 6.45) is 3.03. The molecule has 0 spiro atoms. The zero-order chi connectivity index (χ0) is 20.1. The van der Waals surface area contributed by atoms with Crippen molar-refractivity contribution in [1.29, 1.82) is 0 Å². The summed E-state index contributed by atoms with van der Waals surface area (Å²) in [5.41, 5.74) is 3.26. The van der Waals surface area contributed by atoms with Crippen molar-refractivity contribution in [2.24, 2.45) is 0 Å². The molecule has 6 heteroatoms. The molecule has 0 aliphatic carbocycles. The van der Waals surface area contributed by atoms with Gasteiger partial charge in [-0.15, -0.1) is 11.3 Å². The summed E-state index contributed by atoms with van der Waals surface area (Å²) in [6, 6.07) is 19.4. The maximum atomic E-state index is 12.0. The van der Waals surface area contributed by atoms with Gasteiger partial charge in [0.25, 0.3) is 0 Å². The third kappa shape index (κ3) is 4.67. The van der Waals surface area contributed by atoms with Gasteiger partial charge < -0.3 is 9.47 Å². The van der Waals surface area contributed by atoms with Gasteiger partial charge in [0.15, 0.2) is 0 Å². The van der Waals surface area contributed by atoms with E-state index in [1.165, 1.54) is 17.4 Å². The molecule has 0 saturated carbocycles. The van der Waals surface area contributed by atoms with E-state index in [1.54, 1.807) is 13.2 Å². The Morgan fingerprint density at radius 1 is 1.07 bits per heavy atom. The first kappa shape index (κ1) is 18.8. The first-order valence-electron chi connectivity index (χ1n) is 9.01. The molecule has 0 fully saturated rings. The van der Waals surface area contributed by atoms with Gasteiger partial charge in [0.1, 0.15) is 17.4 Å². The monoisotopic (exact) mass is 402 g/mol. The zero-order valence-corrected chi connectivity index (χ0v) is 16.6. The van der Waals surface area contributed by atoms with E-state index >= 15 is 0 Å². The SMILES string of the molecule is COc1cccc(-c2nc(COC(=O)/C=C/c3ccc4ccccc4n3)cs2)c1. The molecule has 2 aromatic heterocycles. The second-order valence-electron chi connectivity index (χ2n) is 6.25. The van der Waals surface area contributed by atoms with E-state index in [4.69, 9.17) is 9.47 Å². The van der Waals surface area contributed by atoms with Crippen LogP contribution in [0.25, 0.3) is 27.6 Å². The van der Waals surface area contributed by atoms with E-state index < -0.39 is 5.97 Å². The fourth-order valence-corrected chi connectivity index (χ4v) is 3.58. The molecule has 0 aliphatic rings. The fraction of sp³-hybridized carbons (Fsp3) is 0.0870.